The highest BCUT2D eigenvalue weighted by Crippen LogP contribution is 2.27. The quantitative estimate of drug-likeness (QED) is 0.295. The lowest BCUT2D eigenvalue weighted by Gasteiger charge is -2.12. The molecule has 0 spiro atoms. The number of hydrogen-bond acceptors (Lipinski definition) is 5. The molecule has 36 heavy (non-hydrogen) atoms. The first-order valence-corrected chi connectivity index (χ1v) is 11.0. The summed E-state index contributed by atoms with van der Waals surface area (Å²) in [6, 6.07) is 20.6. The molecule has 2 N–H and O–H groups in total. The summed E-state index contributed by atoms with van der Waals surface area (Å²) in [7, 11) is 1.61. The highest BCUT2D eigenvalue weighted by atomic mass is 16.5. The standard InChI is InChI=1S/C28H24N2O6/c1-17-12-21(18(2)30(17)23-14-19(27(31)32)13-20(15-23)28(33)34)16-29-22-4-6-25(7-5-22)36-26-10-8-24(35-3)9-11-26/h4-16H,1-3H3,(H,31,32)(H,33,34). The van der Waals surface area contributed by atoms with E-state index in [1.165, 1.54) is 12.1 Å². The fourth-order valence-corrected chi connectivity index (χ4v) is 3.83. The van der Waals surface area contributed by atoms with Crippen LogP contribution < -0.4 is 9.47 Å². The van der Waals surface area contributed by atoms with E-state index in [-0.39, 0.29) is 11.1 Å². The van der Waals surface area contributed by atoms with Crippen LogP contribution in [0.5, 0.6) is 17.2 Å². The van der Waals surface area contributed by atoms with E-state index < -0.39 is 11.9 Å². The summed E-state index contributed by atoms with van der Waals surface area (Å²) in [6.45, 7) is 3.73. The van der Waals surface area contributed by atoms with Crippen LogP contribution in [0.4, 0.5) is 5.69 Å². The Labute approximate surface area is 207 Å². The third-order valence-corrected chi connectivity index (χ3v) is 5.62. The molecule has 1 aromatic heterocycles. The molecule has 0 saturated carbocycles. The summed E-state index contributed by atoms with van der Waals surface area (Å²) in [4.78, 5) is 27.6. The Morgan fingerprint density at radius 3 is 1.86 bits per heavy atom. The summed E-state index contributed by atoms with van der Waals surface area (Å²) in [5.41, 5.74) is 3.44. The van der Waals surface area contributed by atoms with Gasteiger partial charge in [-0.3, -0.25) is 4.99 Å². The van der Waals surface area contributed by atoms with E-state index in [1.807, 2.05) is 73.0 Å². The van der Waals surface area contributed by atoms with Gasteiger partial charge in [0.25, 0.3) is 0 Å². The molecule has 0 fully saturated rings. The molecule has 1 heterocycles. The third-order valence-electron chi connectivity index (χ3n) is 5.62. The molecule has 8 nitrogen and oxygen atoms in total. The van der Waals surface area contributed by atoms with E-state index in [4.69, 9.17) is 9.47 Å². The molecule has 0 bridgehead atoms. The zero-order valence-electron chi connectivity index (χ0n) is 19.9. The number of aromatic nitrogens is 1. The van der Waals surface area contributed by atoms with Gasteiger partial charge >= 0.3 is 11.9 Å². The van der Waals surface area contributed by atoms with Gasteiger partial charge in [0.05, 0.1) is 23.9 Å². The SMILES string of the molecule is COc1ccc(Oc2ccc(N=Cc3cc(C)n(-c4cc(C(=O)O)cc(C(=O)O)c4)c3C)cc2)cc1. The van der Waals surface area contributed by atoms with Gasteiger partial charge in [-0.1, -0.05) is 0 Å². The number of carboxylic acids is 2. The lowest BCUT2D eigenvalue weighted by molar-refractivity contribution is 0.0696. The molecule has 0 saturated heterocycles. The summed E-state index contributed by atoms with van der Waals surface area (Å²) < 4.78 is 12.8. The summed E-state index contributed by atoms with van der Waals surface area (Å²) >= 11 is 0. The van der Waals surface area contributed by atoms with Gasteiger partial charge in [0, 0.05) is 28.9 Å². The predicted molar refractivity (Wildman–Crippen MR) is 136 cm³/mol. The zero-order valence-corrected chi connectivity index (χ0v) is 19.9. The van der Waals surface area contributed by atoms with Crippen LogP contribution in [0.15, 0.2) is 77.8 Å². The van der Waals surface area contributed by atoms with Crippen molar-refractivity contribution in [3.8, 4) is 22.9 Å². The van der Waals surface area contributed by atoms with Crippen LogP contribution in [0.25, 0.3) is 5.69 Å². The van der Waals surface area contributed by atoms with Crippen LogP contribution in [-0.4, -0.2) is 40.0 Å². The van der Waals surface area contributed by atoms with E-state index >= 15 is 0 Å². The first kappa shape index (κ1) is 24.3. The second-order valence-electron chi connectivity index (χ2n) is 8.07. The first-order chi connectivity index (χ1) is 17.2. The molecule has 0 aliphatic rings. The predicted octanol–water partition coefficient (Wildman–Crippen LogP) is 6.04. The highest BCUT2D eigenvalue weighted by Gasteiger charge is 2.16. The molecule has 0 radical (unpaired) electrons. The molecule has 4 aromatic rings. The summed E-state index contributed by atoms with van der Waals surface area (Å²) in [5.74, 6) is -0.267. The Balaban J connectivity index is 1.56. The zero-order chi connectivity index (χ0) is 25.8. The van der Waals surface area contributed by atoms with Crippen LogP contribution in [0.3, 0.4) is 0 Å². The largest absolute Gasteiger partial charge is 0.497 e. The molecule has 0 amide bonds. The molecular weight excluding hydrogens is 460 g/mol. The van der Waals surface area contributed by atoms with E-state index in [2.05, 4.69) is 4.99 Å². The average molecular weight is 485 g/mol. The smallest absolute Gasteiger partial charge is 0.335 e. The maximum absolute atomic E-state index is 11.5. The lowest BCUT2D eigenvalue weighted by atomic mass is 10.1. The number of nitrogens with zero attached hydrogens (tertiary/aromatic N) is 2. The van der Waals surface area contributed by atoms with Crippen LogP contribution in [-0.2, 0) is 0 Å². The van der Waals surface area contributed by atoms with E-state index in [0.717, 1.165) is 34.5 Å². The normalized spacial score (nSPS) is 11.0. The van der Waals surface area contributed by atoms with Crippen molar-refractivity contribution in [2.75, 3.05) is 7.11 Å². The van der Waals surface area contributed by atoms with Crippen molar-refractivity contribution in [1.82, 2.24) is 4.57 Å². The maximum Gasteiger partial charge on any atom is 0.335 e. The van der Waals surface area contributed by atoms with Crippen LogP contribution in [0.2, 0.25) is 0 Å². The Kier molecular flexibility index (Phi) is 6.87. The second kappa shape index (κ2) is 10.2. The van der Waals surface area contributed by atoms with Gasteiger partial charge in [-0.2, -0.15) is 0 Å². The second-order valence-corrected chi connectivity index (χ2v) is 8.07. The van der Waals surface area contributed by atoms with Gasteiger partial charge in [-0.05, 0) is 86.6 Å². The minimum Gasteiger partial charge on any atom is -0.497 e. The number of aromatic carboxylic acids is 2. The number of carbonyl (C=O) groups is 2. The lowest BCUT2D eigenvalue weighted by Crippen LogP contribution is -2.07. The van der Waals surface area contributed by atoms with E-state index in [9.17, 15) is 19.8 Å². The summed E-state index contributed by atoms with van der Waals surface area (Å²) in [6.07, 6.45) is 1.72. The molecule has 3 aromatic carbocycles. The number of ether oxygens (including phenoxy) is 2. The number of methoxy groups -OCH3 is 1. The number of hydrogen-bond donors (Lipinski definition) is 2. The molecule has 0 aliphatic carbocycles. The van der Waals surface area contributed by atoms with Crippen molar-refractivity contribution in [3.05, 3.63) is 101 Å². The van der Waals surface area contributed by atoms with Crippen LogP contribution in [0.1, 0.15) is 37.7 Å². The van der Waals surface area contributed by atoms with Crippen molar-refractivity contribution < 1.29 is 29.3 Å². The molecule has 0 aliphatic heterocycles. The molecule has 0 unspecified atom stereocenters. The van der Waals surface area contributed by atoms with Crippen molar-refractivity contribution in [2.45, 2.75) is 13.8 Å². The minimum absolute atomic E-state index is 0.0930. The van der Waals surface area contributed by atoms with Crippen molar-refractivity contribution >= 4 is 23.8 Å². The molecule has 182 valence electrons. The number of aryl methyl sites for hydroxylation is 1. The molecule has 4 rings (SSSR count). The van der Waals surface area contributed by atoms with Crippen molar-refractivity contribution in [3.63, 3.8) is 0 Å². The number of aliphatic imine (C=N–C) groups is 1. The monoisotopic (exact) mass is 484 g/mol. The van der Waals surface area contributed by atoms with Gasteiger partial charge in [0.2, 0.25) is 0 Å². The Morgan fingerprint density at radius 1 is 0.806 bits per heavy atom. The highest BCUT2D eigenvalue weighted by molar-refractivity contribution is 5.95. The van der Waals surface area contributed by atoms with Gasteiger partial charge in [0.15, 0.2) is 0 Å². The van der Waals surface area contributed by atoms with Gasteiger partial charge in [-0.15, -0.1) is 0 Å². The third kappa shape index (κ3) is 5.28. The first-order valence-electron chi connectivity index (χ1n) is 11.0. The average Bonchev–Trinajstić information content (AvgIpc) is 3.16. The fraction of sp³-hybridized carbons (Fsp3) is 0.107. The van der Waals surface area contributed by atoms with Crippen LogP contribution >= 0.6 is 0 Å². The van der Waals surface area contributed by atoms with E-state index in [1.54, 1.807) is 13.3 Å². The number of carboxylic acid groups (broad SMARTS) is 2. The Hall–Kier alpha value is -4.85. The van der Waals surface area contributed by atoms with Gasteiger partial charge in [-0.25, -0.2) is 9.59 Å². The summed E-state index contributed by atoms with van der Waals surface area (Å²) in [5, 5.41) is 18.8. The Morgan fingerprint density at radius 2 is 1.33 bits per heavy atom. The maximum atomic E-state index is 11.5. The number of benzene rings is 3. The van der Waals surface area contributed by atoms with Gasteiger partial charge in [0.1, 0.15) is 17.2 Å². The van der Waals surface area contributed by atoms with Gasteiger partial charge < -0.3 is 24.3 Å². The van der Waals surface area contributed by atoms with E-state index in [0.29, 0.717) is 17.2 Å². The fourth-order valence-electron chi connectivity index (χ4n) is 3.83. The Bertz CT molecular complexity index is 1420. The van der Waals surface area contributed by atoms with Crippen molar-refractivity contribution in [2.24, 2.45) is 4.99 Å². The molecular formula is C28H24N2O6. The minimum atomic E-state index is -1.19. The topological polar surface area (TPSA) is 110 Å². The number of rotatable bonds is 8. The van der Waals surface area contributed by atoms with Crippen LogP contribution in [0, 0.1) is 13.8 Å². The molecule has 8 heteroatoms. The molecule has 0 atom stereocenters. The van der Waals surface area contributed by atoms with Crippen molar-refractivity contribution in [1.29, 1.82) is 0 Å².